The van der Waals surface area contributed by atoms with Gasteiger partial charge in [-0.05, 0) is 43.9 Å². The van der Waals surface area contributed by atoms with Crippen molar-refractivity contribution in [2.75, 3.05) is 33.4 Å². The fraction of sp³-hybridized carbons (Fsp3) is 0.387. The third-order valence-electron chi connectivity index (χ3n) is 7.42. The number of ether oxygens (including phenoxy) is 2. The average Bonchev–Trinajstić information content (AvgIpc) is 3.63. The molecule has 1 atom stereocenters. The molecular weight excluding hydrogens is 508 g/mol. The number of nitrogens with zero attached hydrogens (tertiary/aromatic N) is 3. The predicted molar refractivity (Wildman–Crippen MR) is 151 cm³/mol. The van der Waals surface area contributed by atoms with Gasteiger partial charge in [-0.25, -0.2) is 4.98 Å². The molecule has 0 aliphatic carbocycles. The van der Waals surface area contributed by atoms with Crippen LogP contribution in [0.2, 0.25) is 0 Å². The summed E-state index contributed by atoms with van der Waals surface area (Å²) < 4.78 is 16.6. The Morgan fingerprint density at radius 2 is 1.95 bits per heavy atom. The van der Waals surface area contributed by atoms with Crippen molar-refractivity contribution in [2.45, 2.75) is 39.3 Å². The van der Waals surface area contributed by atoms with E-state index >= 15 is 0 Å². The number of carbonyl (C=O) groups excluding carboxylic acids is 2. The number of likely N-dealkylation sites (tertiary alicyclic amines) is 1. The van der Waals surface area contributed by atoms with Crippen LogP contribution in [0.3, 0.4) is 0 Å². The van der Waals surface area contributed by atoms with Crippen LogP contribution in [0.25, 0.3) is 10.9 Å². The molecule has 1 unspecified atom stereocenters. The summed E-state index contributed by atoms with van der Waals surface area (Å²) in [6.45, 7) is 4.86. The minimum Gasteiger partial charge on any atom is -0.496 e. The van der Waals surface area contributed by atoms with E-state index in [1.54, 1.807) is 18.9 Å². The molecule has 9 heteroatoms. The van der Waals surface area contributed by atoms with E-state index in [0.717, 1.165) is 42.6 Å². The number of aromatic nitrogens is 2. The maximum atomic E-state index is 13.2. The van der Waals surface area contributed by atoms with Crippen molar-refractivity contribution in [1.29, 1.82) is 0 Å². The van der Waals surface area contributed by atoms with E-state index in [1.165, 1.54) is 17.2 Å². The lowest BCUT2D eigenvalue weighted by atomic mass is 9.98. The number of oxazole rings is 1. The van der Waals surface area contributed by atoms with Gasteiger partial charge in [-0.1, -0.05) is 36.4 Å². The number of amides is 1. The van der Waals surface area contributed by atoms with Crippen LogP contribution in [-0.4, -0.2) is 65.0 Å². The fourth-order valence-corrected chi connectivity index (χ4v) is 5.35. The molecule has 9 nitrogen and oxygen atoms in total. The van der Waals surface area contributed by atoms with E-state index in [9.17, 15) is 9.59 Å². The molecule has 1 N–H and O–H groups in total. The zero-order chi connectivity index (χ0) is 27.9. The highest BCUT2D eigenvalue weighted by molar-refractivity contribution is 5.92. The Balaban J connectivity index is 1.29. The Morgan fingerprint density at radius 3 is 2.80 bits per heavy atom. The molecule has 5 rings (SSSR count). The van der Waals surface area contributed by atoms with Crippen LogP contribution in [0.4, 0.5) is 0 Å². The third-order valence-corrected chi connectivity index (χ3v) is 7.42. The highest BCUT2D eigenvalue weighted by Gasteiger charge is 2.31. The number of piperidine rings is 1. The number of benzene rings is 2. The van der Waals surface area contributed by atoms with Gasteiger partial charge in [-0.2, -0.15) is 0 Å². The quantitative estimate of drug-likeness (QED) is 0.270. The molecular formula is C31H36N4O5. The highest BCUT2D eigenvalue weighted by atomic mass is 16.5. The summed E-state index contributed by atoms with van der Waals surface area (Å²) in [5, 5.41) is 1.21. The molecule has 1 aliphatic heterocycles. The number of H-pyrrole nitrogens is 1. The third kappa shape index (κ3) is 6.37. The molecule has 0 radical (unpaired) electrons. The number of carbonyl (C=O) groups is 2. The van der Waals surface area contributed by atoms with Crippen LogP contribution in [0.5, 0.6) is 5.75 Å². The molecule has 1 aliphatic rings. The summed E-state index contributed by atoms with van der Waals surface area (Å²) in [6.07, 6.45) is 5.79. The van der Waals surface area contributed by atoms with Gasteiger partial charge in [0.2, 0.25) is 5.89 Å². The molecule has 2 aromatic heterocycles. The molecule has 1 amide bonds. The van der Waals surface area contributed by atoms with Crippen molar-refractivity contribution in [3.63, 3.8) is 0 Å². The molecule has 0 spiro atoms. The Kier molecular flexibility index (Phi) is 8.81. The van der Waals surface area contributed by atoms with Crippen LogP contribution in [0.15, 0.2) is 65.4 Å². The summed E-state index contributed by atoms with van der Waals surface area (Å²) in [7, 11) is 1.67. The molecule has 4 aromatic rings. The lowest BCUT2D eigenvalue weighted by Crippen LogP contribution is -2.43. The van der Waals surface area contributed by atoms with Crippen molar-refractivity contribution in [3.8, 4) is 5.75 Å². The van der Waals surface area contributed by atoms with Crippen molar-refractivity contribution in [2.24, 2.45) is 5.92 Å². The van der Waals surface area contributed by atoms with Gasteiger partial charge in [0.15, 0.2) is 5.69 Å². The molecule has 1 fully saturated rings. The Bertz CT molecular complexity index is 1440. The summed E-state index contributed by atoms with van der Waals surface area (Å²) in [5.74, 6) is 0.521. The Labute approximate surface area is 234 Å². The van der Waals surface area contributed by atoms with E-state index < -0.39 is 0 Å². The fourth-order valence-electron chi connectivity index (χ4n) is 5.35. The summed E-state index contributed by atoms with van der Waals surface area (Å²) in [4.78, 5) is 37.3. The van der Waals surface area contributed by atoms with E-state index in [2.05, 4.69) is 45.3 Å². The predicted octanol–water partition coefficient (Wildman–Crippen LogP) is 4.82. The number of methoxy groups -OCH3 is 1. The second-order valence-electron chi connectivity index (χ2n) is 10.1. The summed E-state index contributed by atoms with van der Waals surface area (Å²) in [5.41, 5.74) is 3.68. The number of hydrogen-bond donors (Lipinski definition) is 1. The number of rotatable bonds is 11. The Morgan fingerprint density at radius 1 is 1.12 bits per heavy atom. The van der Waals surface area contributed by atoms with Crippen LogP contribution in [-0.2, 0) is 29.0 Å². The molecule has 3 heterocycles. The van der Waals surface area contributed by atoms with Crippen molar-refractivity contribution >= 4 is 22.8 Å². The first-order chi connectivity index (χ1) is 19.6. The Hall–Kier alpha value is -4.11. The van der Waals surface area contributed by atoms with Crippen molar-refractivity contribution in [3.05, 3.63) is 83.7 Å². The van der Waals surface area contributed by atoms with Gasteiger partial charge in [0, 0.05) is 48.8 Å². The zero-order valence-corrected chi connectivity index (χ0v) is 23.1. The normalized spacial score (nSPS) is 15.5. The van der Waals surface area contributed by atoms with E-state index in [4.69, 9.17) is 13.9 Å². The number of hydrogen-bond acceptors (Lipinski definition) is 7. The first kappa shape index (κ1) is 27.5. The SMILES string of the molecule is CCOC(=O)C1CCCN(C(=O)c2coc(CN(CCc3c[nH]c4ccccc34)Cc3ccccc3OC)n2)C1. The first-order valence-corrected chi connectivity index (χ1v) is 13.8. The largest absolute Gasteiger partial charge is 0.496 e. The molecule has 2 aromatic carbocycles. The number of fused-ring (bicyclic) bond motifs is 1. The highest BCUT2D eigenvalue weighted by Crippen LogP contribution is 2.24. The number of esters is 1. The maximum Gasteiger partial charge on any atom is 0.310 e. The summed E-state index contributed by atoms with van der Waals surface area (Å²) in [6, 6.07) is 16.2. The number of nitrogens with one attached hydrogen (secondary N) is 1. The molecule has 1 saturated heterocycles. The van der Waals surface area contributed by atoms with Crippen LogP contribution in [0, 0.1) is 5.92 Å². The van der Waals surface area contributed by atoms with Crippen molar-refractivity contribution < 1.29 is 23.5 Å². The first-order valence-electron chi connectivity index (χ1n) is 13.8. The van der Waals surface area contributed by atoms with Gasteiger partial charge < -0.3 is 23.8 Å². The van der Waals surface area contributed by atoms with Crippen LogP contribution >= 0.6 is 0 Å². The number of para-hydroxylation sites is 2. The lowest BCUT2D eigenvalue weighted by molar-refractivity contribution is -0.149. The van der Waals surface area contributed by atoms with Crippen LogP contribution in [0.1, 0.15) is 47.3 Å². The smallest absolute Gasteiger partial charge is 0.310 e. The molecule has 0 saturated carbocycles. The van der Waals surface area contributed by atoms with E-state index in [1.807, 2.05) is 24.3 Å². The summed E-state index contributed by atoms with van der Waals surface area (Å²) >= 11 is 0. The maximum absolute atomic E-state index is 13.2. The monoisotopic (exact) mass is 544 g/mol. The lowest BCUT2D eigenvalue weighted by Gasteiger charge is -2.30. The molecule has 0 bridgehead atoms. The average molecular weight is 545 g/mol. The molecule has 210 valence electrons. The van der Waals surface area contributed by atoms with E-state index in [-0.39, 0.29) is 23.5 Å². The van der Waals surface area contributed by atoms with E-state index in [0.29, 0.717) is 38.7 Å². The van der Waals surface area contributed by atoms with Gasteiger partial charge in [-0.3, -0.25) is 14.5 Å². The second-order valence-corrected chi connectivity index (χ2v) is 10.1. The van der Waals surface area contributed by atoms with Gasteiger partial charge in [0.25, 0.3) is 5.91 Å². The van der Waals surface area contributed by atoms with Gasteiger partial charge >= 0.3 is 5.97 Å². The minimum absolute atomic E-state index is 0.223. The molecule has 40 heavy (non-hydrogen) atoms. The topological polar surface area (TPSA) is 101 Å². The van der Waals surface area contributed by atoms with Crippen LogP contribution < -0.4 is 4.74 Å². The van der Waals surface area contributed by atoms with Crippen molar-refractivity contribution in [1.82, 2.24) is 19.8 Å². The van der Waals surface area contributed by atoms with Gasteiger partial charge in [0.05, 0.1) is 26.2 Å². The number of aromatic amines is 1. The standard InChI is InChI=1S/C31H36N4O5/c1-3-39-31(37)24-10-8-15-35(19-24)30(36)27-21-40-29(33-27)20-34(18-23-9-4-7-13-28(23)38-2)16-14-22-17-32-26-12-6-5-11-25(22)26/h4-7,9,11-13,17,21,24,32H,3,8,10,14-16,18-20H2,1-2H3. The second kappa shape index (κ2) is 12.8. The van der Waals surface area contributed by atoms with Gasteiger partial charge in [-0.15, -0.1) is 0 Å². The zero-order valence-electron chi connectivity index (χ0n) is 23.1. The minimum atomic E-state index is -0.301. The van der Waals surface area contributed by atoms with Gasteiger partial charge in [0.1, 0.15) is 12.0 Å².